The Morgan fingerprint density at radius 1 is 1.06 bits per heavy atom. The highest BCUT2D eigenvalue weighted by molar-refractivity contribution is 5.96. The lowest BCUT2D eigenvalue weighted by molar-refractivity contribution is -0.117. The van der Waals surface area contributed by atoms with Crippen LogP contribution >= 0.6 is 0 Å². The highest BCUT2D eigenvalue weighted by Gasteiger charge is 2.34. The Hall–Kier alpha value is -3.86. The van der Waals surface area contributed by atoms with Crippen molar-refractivity contribution >= 4 is 22.6 Å². The van der Waals surface area contributed by atoms with Crippen molar-refractivity contribution in [2.24, 2.45) is 0 Å². The first kappa shape index (κ1) is 22.0. The Balaban J connectivity index is 1.39. The van der Waals surface area contributed by atoms with Crippen LogP contribution in [0.15, 0.2) is 85.5 Å². The molecule has 34 heavy (non-hydrogen) atoms. The van der Waals surface area contributed by atoms with Crippen molar-refractivity contribution < 1.29 is 9.53 Å². The minimum atomic E-state index is 0.0363. The summed E-state index contributed by atoms with van der Waals surface area (Å²) in [7, 11) is 0. The number of carbonyl (C=O) groups excluding carboxylic acids is 1. The first-order chi connectivity index (χ1) is 16.6. The number of carbonyl (C=O) groups is 1. The number of aromatic nitrogens is 2. The van der Waals surface area contributed by atoms with Gasteiger partial charge in [-0.25, -0.2) is 4.98 Å². The van der Waals surface area contributed by atoms with E-state index in [1.807, 2.05) is 71.6 Å². The fourth-order valence-corrected chi connectivity index (χ4v) is 4.71. The van der Waals surface area contributed by atoms with Crippen molar-refractivity contribution in [2.45, 2.75) is 32.2 Å². The van der Waals surface area contributed by atoms with E-state index >= 15 is 0 Å². The quantitative estimate of drug-likeness (QED) is 0.324. The Morgan fingerprint density at radius 2 is 1.82 bits per heavy atom. The number of ether oxygens (including phenoxy) is 1. The summed E-state index contributed by atoms with van der Waals surface area (Å²) in [5, 5.41) is 0. The third kappa shape index (κ3) is 4.34. The maximum Gasteiger partial charge on any atom is 0.227 e. The van der Waals surface area contributed by atoms with E-state index in [1.165, 1.54) is 5.56 Å². The van der Waals surface area contributed by atoms with Crippen molar-refractivity contribution in [3.8, 4) is 5.75 Å². The number of benzene rings is 3. The maximum absolute atomic E-state index is 12.9. The van der Waals surface area contributed by atoms with E-state index in [0.29, 0.717) is 26.1 Å². The van der Waals surface area contributed by atoms with E-state index < -0.39 is 0 Å². The molecular formula is C29H29N3O2. The van der Waals surface area contributed by atoms with E-state index in [1.54, 1.807) is 0 Å². The number of amides is 1. The number of fused-ring (bicyclic) bond motifs is 1. The molecule has 1 fully saturated rings. The molecule has 5 nitrogen and oxygen atoms in total. The topological polar surface area (TPSA) is 47.4 Å². The van der Waals surface area contributed by atoms with E-state index in [2.05, 4.69) is 30.2 Å². The van der Waals surface area contributed by atoms with Crippen molar-refractivity contribution in [1.29, 1.82) is 0 Å². The highest BCUT2D eigenvalue weighted by Crippen LogP contribution is 2.33. The molecule has 1 aliphatic rings. The Bertz CT molecular complexity index is 1320. The number of para-hydroxylation sites is 3. The van der Waals surface area contributed by atoms with Crippen LogP contribution < -0.4 is 9.64 Å². The lowest BCUT2D eigenvalue weighted by Crippen LogP contribution is -2.24. The summed E-state index contributed by atoms with van der Waals surface area (Å²) in [5.41, 5.74) is 5.28. The summed E-state index contributed by atoms with van der Waals surface area (Å²) < 4.78 is 8.40. The molecule has 0 unspecified atom stereocenters. The van der Waals surface area contributed by atoms with E-state index in [9.17, 15) is 4.79 Å². The largest absolute Gasteiger partial charge is 0.491 e. The van der Waals surface area contributed by atoms with Gasteiger partial charge in [-0.05, 0) is 49.2 Å². The number of imidazole rings is 1. The van der Waals surface area contributed by atoms with Gasteiger partial charge in [-0.2, -0.15) is 0 Å². The van der Waals surface area contributed by atoms with Crippen LogP contribution in [0.1, 0.15) is 29.3 Å². The van der Waals surface area contributed by atoms with Crippen LogP contribution in [0.4, 0.5) is 5.69 Å². The summed E-state index contributed by atoms with van der Waals surface area (Å²) in [6.45, 7) is 7.71. The zero-order chi connectivity index (χ0) is 23.5. The molecule has 0 saturated carbocycles. The molecule has 1 atom stereocenters. The molecular weight excluding hydrogens is 422 g/mol. The van der Waals surface area contributed by atoms with Gasteiger partial charge in [0, 0.05) is 24.6 Å². The van der Waals surface area contributed by atoms with Crippen LogP contribution in [0, 0.1) is 6.92 Å². The zero-order valence-electron chi connectivity index (χ0n) is 19.5. The monoisotopic (exact) mass is 451 g/mol. The van der Waals surface area contributed by atoms with Gasteiger partial charge >= 0.3 is 0 Å². The third-order valence-corrected chi connectivity index (χ3v) is 6.43. The number of aryl methyl sites for hydroxylation is 1. The van der Waals surface area contributed by atoms with Crippen LogP contribution in [0.5, 0.6) is 5.75 Å². The minimum Gasteiger partial charge on any atom is -0.491 e. The predicted octanol–water partition coefficient (Wildman–Crippen LogP) is 5.67. The van der Waals surface area contributed by atoms with Crippen molar-refractivity contribution in [3.05, 3.63) is 102 Å². The van der Waals surface area contributed by atoms with Gasteiger partial charge in [0.25, 0.3) is 0 Å². The molecule has 2 heterocycles. The summed E-state index contributed by atoms with van der Waals surface area (Å²) in [6, 6.07) is 24.4. The Morgan fingerprint density at radius 3 is 2.65 bits per heavy atom. The van der Waals surface area contributed by atoms with Crippen molar-refractivity contribution in [3.63, 3.8) is 0 Å². The van der Waals surface area contributed by atoms with E-state index in [4.69, 9.17) is 9.72 Å². The van der Waals surface area contributed by atoms with Gasteiger partial charge in [-0.3, -0.25) is 4.79 Å². The molecule has 1 aliphatic heterocycles. The highest BCUT2D eigenvalue weighted by atomic mass is 16.5. The molecule has 0 bridgehead atoms. The fraction of sp³-hybridized carbons (Fsp3) is 0.241. The Labute approximate surface area is 200 Å². The molecule has 1 aromatic heterocycles. The lowest BCUT2D eigenvalue weighted by atomic mass is 10.1. The van der Waals surface area contributed by atoms with Crippen molar-refractivity contribution in [2.75, 3.05) is 18.1 Å². The van der Waals surface area contributed by atoms with Gasteiger partial charge in [-0.1, -0.05) is 54.1 Å². The van der Waals surface area contributed by atoms with E-state index in [0.717, 1.165) is 40.3 Å². The summed E-state index contributed by atoms with van der Waals surface area (Å²) >= 11 is 0. The molecule has 4 aromatic rings. The number of allylic oxidation sites excluding steroid dienone is 1. The van der Waals surface area contributed by atoms with Gasteiger partial charge in [0.1, 0.15) is 18.2 Å². The molecule has 5 rings (SSSR count). The van der Waals surface area contributed by atoms with Crippen LogP contribution in [0.3, 0.4) is 0 Å². The third-order valence-electron chi connectivity index (χ3n) is 6.43. The first-order valence-corrected chi connectivity index (χ1v) is 11.8. The second kappa shape index (κ2) is 9.56. The standard InChI is InChI=1S/C29H29N3O2/c1-3-8-22-9-4-7-12-27(22)34-18-17-31-26-11-6-5-10-25(26)30-29(31)23-19-28(33)32(20-23)24-15-13-21(2)14-16-24/h3-7,9-16,23H,1,8,17-20H2,2H3/t23-/m0/s1. The van der Waals surface area contributed by atoms with Crippen LogP contribution in [-0.4, -0.2) is 28.6 Å². The number of hydrogen-bond donors (Lipinski definition) is 0. The molecule has 0 aliphatic carbocycles. The maximum atomic E-state index is 12.9. The second-order valence-corrected chi connectivity index (χ2v) is 8.80. The second-order valence-electron chi connectivity index (χ2n) is 8.80. The summed E-state index contributed by atoms with van der Waals surface area (Å²) in [4.78, 5) is 19.8. The smallest absolute Gasteiger partial charge is 0.227 e. The van der Waals surface area contributed by atoms with Crippen LogP contribution in [-0.2, 0) is 17.8 Å². The Kier molecular flexibility index (Phi) is 6.17. The lowest BCUT2D eigenvalue weighted by Gasteiger charge is -2.18. The fourth-order valence-electron chi connectivity index (χ4n) is 4.71. The van der Waals surface area contributed by atoms with Crippen LogP contribution in [0.25, 0.3) is 11.0 Å². The van der Waals surface area contributed by atoms with Crippen molar-refractivity contribution in [1.82, 2.24) is 9.55 Å². The summed E-state index contributed by atoms with van der Waals surface area (Å²) in [6.07, 6.45) is 3.12. The zero-order valence-corrected chi connectivity index (χ0v) is 19.5. The predicted molar refractivity (Wildman–Crippen MR) is 136 cm³/mol. The number of anilines is 1. The van der Waals surface area contributed by atoms with Gasteiger partial charge in [0.15, 0.2) is 0 Å². The summed E-state index contributed by atoms with van der Waals surface area (Å²) in [5.74, 6) is 2.01. The number of hydrogen-bond acceptors (Lipinski definition) is 3. The van der Waals surface area contributed by atoms with Gasteiger partial charge < -0.3 is 14.2 Å². The van der Waals surface area contributed by atoms with Gasteiger partial charge in [0.05, 0.1) is 17.6 Å². The first-order valence-electron chi connectivity index (χ1n) is 11.8. The SMILES string of the molecule is C=CCc1ccccc1OCCn1c([C@H]2CC(=O)N(c3ccc(C)cc3)C2)nc2ccccc21. The molecule has 0 N–H and O–H groups in total. The minimum absolute atomic E-state index is 0.0363. The molecule has 172 valence electrons. The normalized spacial score (nSPS) is 15.7. The average molecular weight is 452 g/mol. The molecule has 1 amide bonds. The molecule has 3 aromatic carbocycles. The number of rotatable bonds is 8. The molecule has 5 heteroatoms. The number of nitrogens with zero attached hydrogens (tertiary/aromatic N) is 3. The van der Waals surface area contributed by atoms with Crippen LogP contribution in [0.2, 0.25) is 0 Å². The van der Waals surface area contributed by atoms with Gasteiger partial charge in [0.2, 0.25) is 5.91 Å². The van der Waals surface area contributed by atoms with E-state index in [-0.39, 0.29) is 11.8 Å². The molecule has 1 saturated heterocycles. The van der Waals surface area contributed by atoms with Gasteiger partial charge in [-0.15, -0.1) is 6.58 Å². The molecule has 0 radical (unpaired) electrons. The average Bonchev–Trinajstić information content (AvgIpc) is 3.41. The molecule has 0 spiro atoms.